The summed E-state index contributed by atoms with van der Waals surface area (Å²) in [6.07, 6.45) is 3.26. The van der Waals surface area contributed by atoms with Gasteiger partial charge in [-0.2, -0.15) is 0 Å². The van der Waals surface area contributed by atoms with E-state index in [1.54, 1.807) is 33.2 Å². The van der Waals surface area contributed by atoms with Crippen LogP contribution in [0.15, 0.2) is 29.3 Å². The smallest absolute Gasteiger partial charge is 0.243 e. The van der Waals surface area contributed by atoms with Crippen LogP contribution in [0.2, 0.25) is 0 Å². The van der Waals surface area contributed by atoms with Crippen molar-refractivity contribution in [2.24, 2.45) is 10.9 Å². The molecule has 0 aromatic heterocycles. The SMILES string of the molecule is COCC(NC(=NCC(=O)N(C)C)NCCc1ccc(OC)cc1)C1CC1.I. The van der Waals surface area contributed by atoms with E-state index in [2.05, 4.69) is 27.8 Å². The molecule has 1 amide bonds. The molecule has 1 aliphatic rings. The van der Waals surface area contributed by atoms with Gasteiger partial charge in [0.05, 0.1) is 19.8 Å². The summed E-state index contributed by atoms with van der Waals surface area (Å²) in [5, 5.41) is 6.78. The number of benzene rings is 1. The highest BCUT2D eigenvalue weighted by Crippen LogP contribution is 2.32. The molecule has 7 nitrogen and oxygen atoms in total. The zero-order chi connectivity index (χ0) is 19.6. The largest absolute Gasteiger partial charge is 0.497 e. The number of hydrogen-bond acceptors (Lipinski definition) is 4. The molecule has 1 aromatic carbocycles. The van der Waals surface area contributed by atoms with Crippen LogP contribution < -0.4 is 15.4 Å². The zero-order valence-corrected chi connectivity index (χ0v) is 19.6. The predicted octanol–water partition coefficient (Wildman–Crippen LogP) is 1.90. The minimum atomic E-state index is -0.0269. The molecule has 28 heavy (non-hydrogen) atoms. The molecule has 0 radical (unpaired) electrons. The number of guanidine groups is 1. The fourth-order valence-electron chi connectivity index (χ4n) is 2.71. The summed E-state index contributed by atoms with van der Waals surface area (Å²) in [5.74, 6) is 2.10. The topological polar surface area (TPSA) is 75.2 Å². The monoisotopic (exact) mass is 504 g/mol. The normalized spacial score (nSPS) is 14.6. The van der Waals surface area contributed by atoms with E-state index in [1.807, 2.05) is 12.1 Å². The Balaban J connectivity index is 0.00000392. The van der Waals surface area contributed by atoms with Gasteiger partial charge < -0.3 is 25.0 Å². The Kier molecular flexibility index (Phi) is 11.2. The van der Waals surface area contributed by atoms with Gasteiger partial charge in [-0.15, -0.1) is 24.0 Å². The first-order valence-corrected chi connectivity index (χ1v) is 9.40. The lowest BCUT2D eigenvalue weighted by Gasteiger charge is -2.21. The van der Waals surface area contributed by atoms with Crippen molar-refractivity contribution in [1.29, 1.82) is 0 Å². The van der Waals surface area contributed by atoms with Crippen molar-refractivity contribution in [3.63, 3.8) is 0 Å². The van der Waals surface area contributed by atoms with E-state index in [1.165, 1.54) is 18.4 Å². The Hall–Kier alpha value is -1.55. The number of carbonyl (C=O) groups is 1. The van der Waals surface area contributed by atoms with E-state index in [0.29, 0.717) is 18.5 Å². The molecule has 2 N–H and O–H groups in total. The molecule has 0 spiro atoms. The Bertz CT molecular complexity index is 618. The third kappa shape index (κ3) is 8.64. The molecule has 1 saturated carbocycles. The van der Waals surface area contributed by atoms with Gasteiger partial charge in [-0.1, -0.05) is 12.1 Å². The maximum absolute atomic E-state index is 11.9. The summed E-state index contributed by atoms with van der Waals surface area (Å²) in [6.45, 7) is 1.47. The molecule has 1 unspecified atom stereocenters. The first kappa shape index (κ1) is 24.5. The first-order valence-electron chi connectivity index (χ1n) is 9.40. The van der Waals surface area contributed by atoms with Crippen molar-refractivity contribution in [3.05, 3.63) is 29.8 Å². The van der Waals surface area contributed by atoms with E-state index in [0.717, 1.165) is 18.7 Å². The molecule has 8 heteroatoms. The van der Waals surface area contributed by atoms with Crippen molar-refractivity contribution in [2.45, 2.75) is 25.3 Å². The average molecular weight is 504 g/mol. The highest BCUT2D eigenvalue weighted by atomic mass is 127. The molecule has 1 fully saturated rings. The van der Waals surface area contributed by atoms with Gasteiger partial charge in [0, 0.05) is 27.7 Å². The Morgan fingerprint density at radius 1 is 1.25 bits per heavy atom. The van der Waals surface area contributed by atoms with Crippen molar-refractivity contribution in [1.82, 2.24) is 15.5 Å². The van der Waals surface area contributed by atoms with Gasteiger partial charge in [0.15, 0.2) is 5.96 Å². The van der Waals surface area contributed by atoms with Crippen LogP contribution in [0, 0.1) is 5.92 Å². The van der Waals surface area contributed by atoms with E-state index in [4.69, 9.17) is 9.47 Å². The fraction of sp³-hybridized carbons (Fsp3) is 0.600. The number of halogens is 1. The molecule has 0 bridgehead atoms. The van der Waals surface area contributed by atoms with Gasteiger partial charge in [-0.05, 0) is 42.9 Å². The summed E-state index contributed by atoms with van der Waals surface area (Å²) in [4.78, 5) is 17.9. The number of nitrogens with zero attached hydrogens (tertiary/aromatic N) is 2. The predicted molar refractivity (Wildman–Crippen MR) is 123 cm³/mol. The zero-order valence-electron chi connectivity index (χ0n) is 17.2. The van der Waals surface area contributed by atoms with E-state index in [9.17, 15) is 4.79 Å². The Morgan fingerprint density at radius 2 is 1.93 bits per heavy atom. The van der Waals surface area contributed by atoms with Gasteiger partial charge >= 0.3 is 0 Å². The fourth-order valence-corrected chi connectivity index (χ4v) is 2.71. The summed E-state index contributed by atoms with van der Waals surface area (Å²) in [5.41, 5.74) is 1.21. The number of aliphatic imine (C=N–C) groups is 1. The molecular weight excluding hydrogens is 471 g/mol. The van der Waals surface area contributed by atoms with Crippen molar-refractivity contribution in [2.75, 3.05) is 48.0 Å². The highest BCUT2D eigenvalue weighted by Gasteiger charge is 2.31. The maximum Gasteiger partial charge on any atom is 0.243 e. The van der Waals surface area contributed by atoms with Crippen LogP contribution >= 0.6 is 24.0 Å². The van der Waals surface area contributed by atoms with Crippen molar-refractivity contribution in [3.8, 4) is 5.75 Å². The van der Waals surface area contributed by atoms with Crippen LogP contribution in [0.25, 0.3) is 0 Å². The van der Waals surface area contributed by atoms with Gasteiger partial charge in [-0.3, -0.25) is 4.79 Å². The highest BCUT2D eigenvalue weighted by molar-refractivity contribution is 14.0. The Labute approximate surface area is 185 Å². The lowest BCUT2D eigenvalue weighted by atomic mass is 10.1. The van der Waals surface area contributed by atoms with Gasteiger partial charge in [0.25, 0.3) is 0 Å². The second-order valence-electron chi connectivity index (χ2n) is 7.02. The van der Waals surface area contributed by atoms with E-state index in [-0.39, 0.29) is 42.5 Å². The average Bonchev–Trinajstić information content (AvgIpc) is 3.50. The molecule has 0 aliphatic heterocycles. The van der Waals surface area contributed by atoms with Crippen molar-refractivity contribution >= 4 is 35.8 Å². The van der Waals surface area contributed by atoms with Gasteiger partial charge in [0.1, 0.15) is 12.3 Å². The molecule has 158 valence electrons. The first-order chi connectivity index (χ1) is 13.0. The van der Waals surface area contributed by atoms with E-state index < -0.39 is 0 Å². The minimum Gasteiger partial charge on any atom is -0.497 e. The van der Waals surface area contributed by atoms with Gasteiger partial charge in [-0.25, -0.2) is 4.99 Å². The third-order valence-corrected chi connectivity index (χ3v) is 4.60. The molecule has 2 rings (SSSR count). The molecule has 0 saturated heterocycles. The van der Waals surface area contributed by atoms with Crippen molar-refractivity contribution < 1.29 is 14.3 Å². The second-order valence-corrected chi connectivity index (χ2v) is 7.02. The van der Waals surface area contributed by atoms with E-state index >= 15 is 0 Å². The van der Waals surface area contributed by atoms with Gasteiger partial charge in [0.2, 0.25) is 5.91 Å². The minimum absolute atomic E-state index is 0. The lowest BCUT2D eigenvalue weighted by molar-refractivity contribution is -0.127. The maximum atomic E-state index is 11.9. The van der Waals surface area contributed by atoms with Crippen LogP contribution in [-0.2, 0) is 16.0 Å². The van der Waals surface area contributed by atoms with Crippen LogP contribution in [0.4, 0.5) is 0 Å². The number of rotatable bonds is 10. The summed E-state index contributed by atoms with van der Waals surface area (Å²) in [7, 11) is 6.84. The number of carbonyl (C=O) groups excluding carboxylic acids is 1. The number of hydrogen-bond donors (Lipinski definition) is 2. The third-order valence-electron chi connectivity index (χ3n) is 4.60. The number of methoxy groups -OCH3 is 2. The summed E-state index contributed by atoms with van der Waals surface area (Å²) >= 11 is 0. The number of amides is 1. The number of nitrogens with one attached hydrogen (secondary N) is 2. The van der Waals surface area contributed by atoms with Crippen LogP contribution in [0.1, 0.15) is 18.4 Å². The quantitative estimate of drug-likeness (QED) is 0.289. The standard InChI is InChI=1S/C20H32N4O3.HI/c1-24(2)19(25)13-22-20(23-18(14-26-3)16-7-8-16)21-12-11-15-5-9-17(27-4)10-6-15;/h5-6,9-10,16,18H,7-8,11-14H2,1-4H3,(H2,21,22,23);1H. The number of likely N-dealkylation sites (N-methyl/N-ethyl adjacent to an activating group) is 1. The Morgan fingerprint density at radius 3 is 2.46 bits per heavy atom. The van der Waals surface area contributed by atoms with Crippen LogP contribution in [0.3, 0.4) is 0 Å². The molecule has 1 aromatic rings. The summed E-state index contributed by atoms with van der Waals surface area (Å²) in [6, 6.07) is 8.24. The molecule has 1 aliphatic carbocycles. The van der Waals surface area contributed by atoms with Crippen LogP contribution in [-0.4, -0.2) is 70.8 Å². The molecule has 1 atom stereocenters. The molecular formula is C20H33IN4O3. The molecule has 0 heterocycles. The van der Waals surface area contributed by atoms with Crippen LogP contribution in [0.5, 0.6) is 5.75 Å². The summed E-state index contributed by atoms with van der Waals surface area (Å²) < 4.78 is 10.5. The lowest BCUT2D eigenvalue weighted by Crippen LogP contribution is -2.47. The second kappa shape index (κ2) is 12.8. The number of ether oxygens (including phenoxy) is 2.